The summed E-state index contributed by atoms with van der Waals surface area (Å²) in [5.74, 6) is 0.675. The van der Waals surface area contributed by atoms with Crippen LogP contribution in [-0.4, -0.2) is 19.8 Å². The van der Waals surface area contributed by atoms with Gasteiger partial charge in [0.25, 0.3) is 0 Å². The molecule has 1 aliphatic rings. The van der Waals surface area contributed by atoms with Gasteiger partial charge >= 0.3 is 0 Å². The fourth-order valence-corrected chi connectivity index (χ4v) is 2.70. The van der Waals surface area contributed by atoms with Crippen molar-refractivity contribution >= 4 is 11.6 Å². The van der Waals surface area contributed by atoms with Gasteiger partial charge in [0.2, 0.25) is 0 Å². The molecule has 1 aromatic rings. The molecular formula is C15H22ClNO. The second-order valence-corrected chi connectivity index (χ2v) is 5.49. The van der Waals surface area contributed by atoms with E-state index in [9.17, 15) is 0 Å². The summed E-state index contributed by atoms with van der Waals surface area (Å²) in [6.07, 6.45) is 2.31. The van der Waals surface area contributed by atoms with E-state index in [0.717, 1.165) is 36.8 Å². The largest absolute Gasteiger partial charge is 0.381 e. The third-order valence-electron chi connectivity index (χ3n) is 3.64. The average Bonchev–Trinajstić information content (AvgIpc) is 2.85. The van der Waals surface area contributed by atoms with Crippen LogP contribution >= 0.6 is 11.6 Å². The van der Waals surface area contributed by atoms with Crippen molar-refractivity contribution in [2.24, 2.45) is 5.92 Å². The van der Waals surface area contributed by atoms with Gasteiger partial charge in [0.1, 0.15) is 0 Å². The Bertz CT molecular complexity index is 388. The predicted octanol–water partition coefficient (Wildman–Crippen LogP) is 3.73. The topological polar surface area (TPSA) is 21.3 Å². The molecule has 18 heavy (non-hydrogen) atoms. The van der Waals surface area contributed by atoms with E-state index >= 15 is 0 Å². The third-order valence-corrected chi connectivity index (χ3v) is 4.05. The van der Waals surface area contributed by atoms with E-state index in [-0.39, 0.29) is 0 Å². The molecule has 1 N–H and O–H groups in total. The molecule has 2 nitrogen and oxygen atoms in total. The molecule has 1 aromatic carbocycles. The van der Waals surface area contributed by atoms with E-state index in [4.69, 9.17) is 16.3 Å². The third kappa shape index (κ3) is 3.47. The highest BCUT2D eigenvalue weighted by Gasteiger charge is 2.21. The number of ether oxygens (including phenoxy) is 1. The van der Waals surface area contributed by atoms with E-state index in [2.05, 4.69) is 30.4 Å². The van der Waals surface area contributed by atoms with Crippen LogP contribution < -0.4 is 5.32 Å². The van der Waals surface area contributed by atoms with Crippen molar-refractivity contribution in [2.45, 2.75) is 32.7 Å². The highest BCUT2D eigenvalue weighted by molar-refractivity contribution is 6.31. The van der Waals surface area contributed by atoms with Crippen LogP contribution in [0.4, 0.5) is 0 Å². The van der Waals surface area contributed by atoms with Crippen molar-refractivity contribution in [3.8, 4) is 0 Å². The van der Waals surface area contributed by atoms with Crippen LogP contribution in [0.25, 0.3) is 0 Å². The van der Waals surface area contributed by atoms with E-state index in [1.807, 2.05) is 6.92 Å². The van der Waals surface area contributed by atoms with Crippen LogP contribution in [0, 0.1) is 12.8 Å². The maximum Gasteiger partial charge on any atom is 0.0495 e. The zero-order valence-corrected chi connectivity index (χ0v) is 12.0. The Morgan fingerprint density at radius 1 is 1.50 bits per heavy atom. The Hall–Kier alpha value is -0.570. The van der Waals surface area contributed by atoms with Crippen molar-refractivity contribution < 1.29 is 4.74 Å². The molecule has 0 radical (unpaired) electrons. The van der Waals surface area contributed by atoms with Gasteiger partial charge in [-0.1, -0.05) is 30.7 Å². The lowest BCUT2D eigenvalue weighted by atomic mass is 9.93. The van der Waals surface area contributed by atoms with Gasteiger partial charge in [-0.25, -0.2) is 0 Å². The zero-order chi connectivity index (χ0) is 13.0. The number of aryl methyl sites for hydroxylation is 1. The van der Waals surface area contributed by atoms with Gasteiger partial charge < -0.3 is 10.1 Å². The molecule has 0 amide bonds. The Kier molecular flexibility index (Phi) is 5.04. The number of halogens is 1. The first kappa shape index (κ1) is 13.9. The molecule has 1 fully saturated rings. The van der Waals surface area contributed by atoms with Crippen LogP contribution in [-0.2, 0) is 4.74 Å². The quantitative estimate of drug-likeness (QED) is 0.878. The van der Waals surface area contributed by atoms with Gasteiger partial charge in [-0.2, -0.15) is 0 Å². The van der Waals surface area contributed by atoms with E-state index in [1.165, 1.54) is 12.0 Å². The molecule has 100 valence electrons. The molecule has 0 aliphatic carbocycles. The molecule has 0 saturated carbocycles. The molecule has 2 rings (SSSR count). The number of nitrogens with one attached hydrogen (secondary N) is 1. The van der Waals surface area contributed by atoms with Crippen LogP contribution in [0.1, 0.15) is 36.9 Å². The van der Waals surface area contributed by atoms with Crippen molar-refractivity contribution in [2.75, 3.05) is 19.8 Å². The summed E-state index contributed by atoms with van der Waals surface area (Å²) in [7, 11) is 0. The van der Waals surface area contributed by atoms with E-state index in [0.29, 0.717) is 12.0 Å². The first-order valence-corrected chi connectivity index (χ1v) is 7.15. The molecule has 0 aromatic heterocycles. The molecule has 1 aliphatic heterocycles. The molecule has 0 bridgehead atoms. The van der Waals surface area contributed by atoms with Gasteiger partial charge in [-0.3, -0.25) is 0 Å². The highest BCUT2D eigenvalue weighted by atomic mass is 35.5. The Labute approximate surface area is 115 Å². The Morgan fingerprint density at radius 3 is 2.94 bits per heavy atom. The summed E-state index contributed by atoms with van der Waals surface area (Å²) in [6, 6.07) is 6.78. The van der Waals surface area contributed by atoms with Crippen molar-refractivity contribution in [3.63, 3.8) is 0 Å². The second-order valence-electron chi connectivity index (χ2n) is 5.08. The van der Waals surface area contributed by atoms with Gasteiger partial charge in [0, 0.05) is 24.3 Å². The van der Waals surface area contributed by atoms with Crippen LogP contribution in [0.5, 0.6) is 0 Å². The monoisotopic (exact) mass is 267 g/mol. The van der Waals surface area contributed by atoms with Crippen molar-refractivity contribution in [1.29, 1.82) is 0 Å². The minimum Gasteiger partial charge on any atom is -0.381 e. The molecule has 2 atom stereocenters. The normalized spacial score (nSPS) is 21.2. The lowest BCUT2D eigenvalue weighted by molar-refractivity contribution is 0.181. The van der Waals surface area contributed by atoms with Crippen molar-refractivity contribution in [3.05, 3.63) is 34.3 Å². The summed E-state index contributed by atoms with van der Waals surface area (Å²) in [6.45, 7) is 6.98. The molecule has 1 heterocycles. The van der Waals surface area contributed by atoms with Crippen LogP contribution in [0.15, 0.2) is 18.2 Å². The fourth-order valence-electron chi connectivity index (χ4n) is 2.51. The first-order chi connectivity index (χ1) is 8.70. The number of rotatable bonds is 5. The summed E-state index contributed by atoms with van der Waals surface area (Å²) in [5, 5.41) is 4.42. The lowest BCUT2D eigenvalue weighted by Gasteiger charge is -2.21. The maximum atomic E-state index is 6.22. The maximum absolute atomic E-state index is 6.22. The number of hydrogen-bond acceptors (Lipinski definition) is 2. The van der Waals surface area contributed by atoms with E-state index in [1.54, 1.807) is 0 Å². The Balaban J connectivity index is 2.09. The van der Waals surface area contributed by atoms with E-state index < -0.39 is 0 Å². The summed E-state index contributed by atoms with van der Waals surface area (Å²) in [5.41, 5.74) is 2.43. The second kappa shape index (κ2) is 6.55. The van der Waals surface area contributed by atoms with Gasteiger partial charge in [-0.05, 0) is 49.4 Å². The minimum atomic E-state index is 0.389. The molecule has 0 spiro atoms. The molecular weight excluding hydrogens is 246 g/mol. The fraction of sp³-hybridized carbons (Fsp3) is 0.600. The van der Waals surface area contributed by atoms with Crippen molar-refractivity contribution in [1.82, 2.24) is 5.32 Å². The standard InChI is InChI=1S/C15H22ClNO/c1-3-17-15(8-12-6-7-18-10-12)13-5-4-11(2)14(16)9-13/h4-5,9,12,15,17H,3,6-8,10H2,1-2H3. The predicted molar refractivity (Wildman–Crippen MR) is 76.1 cm³/mol. The van der Waals surface area contributed by atoms with Crippen LogP contribution in [0.2, 0.25) is 5.02 Å². The SMILES string of the molecule is CCNC(CC1CCOC1)c1ccc(C)c(Cl)c1. The highest BCUT2D eigenvalue weighted by Crippen LogP contribution is 2.28. The average molecular weight is 268 g/mol. The van der Waals surface area contributed by atoms with Gasteiger partial charge in [0.15, 0.2) is 0 Å². The van der Waals surface area contributed by atoms with Crippen LogP contribution in [0.3, 0.4) is 0 Å². The lowest BCUT2D eigenvalue weighted by Crippen LogP contribution is -2.23. The molecule has 1 saturated heterocycles. The number of hydrogen-bond donors (Lipinski definition) is 1. The number of benzene rings is 1. The summed E-state index contributed by atoms with van der Waals surface area (Å²) in [4.78, 5) is 0. The smallest absolute Gasteiger partial charge is 0.0495 e. The summed E-state index contributed by atoms with van der Waals surface area (Å²) < 4.78 is 5.46. The van der Waals surface area contributed by atoms with Gasteiger partial charge in [-0.15, -0.1) is 0 Å². The Morgan fingerprint density at radius 2 is 2.33 bits per heavy atom. The summed E-state index contributed by atoms with van der Waals surface area (Å²) >= 11 is 6.22. The minimum absolute atomic E-state index is 0.389. The first-order valence-electron chi connectivity index (χ1n) is 6.78. The molecule has 2 unspecified atom stereocenters. The zero-order valence-electron chi connectivity index (χ0n) is 11.2. The van der Waals surface area contributed by atoms with Gasteiger partial charge in [0.05, 0.1) is 0 Å². The molecule has 3 heteroatoms.